The number of carbonyl (C=O) groups is 2. The Hall–Kier alpha value is -2.32. The van der Waals surface area contributed by atoms with Crippen LogP contribution in [0.3, 0.4) is 0 Å². The number of aliphatic carboxylic acids is 1. The molecule has 0 saturated heterocycles. The number of aromatic nitrogens is 1. The summed E-state index contributed by atoms with van der Waals surface area (Å²) in [6.07, 6.45) is -2.68. The Morgan fingerprint density at radius 1 is 1.33 bits per heavy atom. The van der Waals surface area contributed by atoms with Gasteiger partial charge in [0, 0.05) is 6.54 Å². The number of amides is 2. The highest BCUT2D eigenvalue weighted by Crippen LogP contribution is 2.45. The summed E-state index contributed by atoms with van der Waals surface area (Å²) >= 11 is 0. The fourth-order valence-corrected chi connectivity index (χ4v) is 1.68. The van der Waals surface area contributed by atoms with Crippen LogP contribution in [0.25, 0.3) is 0 Å². The van der Waals surface area contributed by atoms with Gasteiger partial charge < -0.3 is 15.7 Å². The van der Waals surface area contributed by atoms with Gasteiger partial charge in [-0.05, 0) is 25.0 Å². The van der Waals surface area contributed by atoms with Crippen molar-refractivity contribution < 1.29 is 27.9 Å². The first kappa shape index (κ1) is 15.1. The number of urea groups is 1. The zero-order valence-corrected chi connectivity index (χ0v) is 10.7. The molecule has 0 atom stereocenters. The molecule has 1 aromatic heterocycles. The van der Waals surface area contributed by atoms with Crippen LogP contribution in [-0.4, -0.2) is 28.6 Å². The first-order valence-corrected chi connectivity index (χ1v) is 6.04. The predicted molar refractivity (Wildman–Crippen MR) is 65.6 cm³/mol. The van der Waals surface area contributed by atoms with Crippen LogP contribution in [-0.2, 0) is 11.0 Å². The molecule has 3 N–H and O–H groups in total. The molecule has 0 spiro atoms. The van der Waals surface area contributed by atoms with Crippen LogP contribution in [0.5, 0.6) is 0 Å². The third-order valence-electron chi connectivity index (χ3n) is 3.21. The molecule has 0 aliphatic heterocycles. The van der Waals surface area contributed by atoms with Crippen LogP contribution in [0.2, 0.25) is 0 Å². The number of hydrogen-bond acceptors (Lipinski definition) is 3. The Kier molecular flexibility index (Phi) is 3.75. The molecule has 1 aliphatic carbocycles. The lowest BCUT2D eigenvalue weighted by atomic mass is 10.1. The number of rotatable bonds is 4. The van der Waals surface area contributed by atoms with Crippen molar-refractivity contribution in [2.24, 2.45) is 5.41 Å². The summed E-state index contributed by atoms with van der Waals surface area (Å²) in [6.45, 7) is -0.0256. The molecule has 2 rings (SSSR count). The first-order chi connectivity index (χ1) is 9.73. The monoisotopic (exact) mass is 303 g/mol. The summed E-state index contributed by atoms with van der Waals surface area (Å²) in [6, 6.07) is 1.12. The van der Waals surface area contributed by atoms with Crippen molar-refractivity contribution in [2.75, 3.05) is 11.9 Å². The molecule has 114 valence electrons. The highest BCUT2D eigenvalue weighted by atomic mass is 19.4. The maximum atomic E-state index is 12.3. The maximum absolute atomic E-state index is 12.3. The molecule has 1 saturated carbocycles. The van der Waals surface area contributed by atoms with Gasteiger partial charge in [0.15, 0.2) is 0 Å². The van der Waals surface area contributed by atoms with Crippen LogP contribution in [0.4, 0.5) is 23.7 Å². The number of nitrogens with one attached hydrogen (secondary N) is 2. The molecule has 2 amide bonds. The number of carboxylic acid groups (broad SMARTS) is 1. The lowest BCUT2D eigenvalue weighted by Gasteiger charge is -2.12. The summed E-state index contributed by atoms with van der Waals surface area (Å²) in [7, 11) is 0. The second-order valence-electron chi connectivity index (χ2n) is 4.82. The molecule has 1 aromatic rings. The van der Waals surface area contributed by atoms with E-state index in [0.717, 1.165) is 18.3 Å². The third-order valence-corrected chi connectivity index (χ3v) is 3.21. The van der Waals surface area contributed by atoms with Gasteiger partial charge in [-0.1, -0.05) is 0 Å². The number of alkyl halides is 3. The number of nitrogens with zero attached hydrogens (tertiary/aromatic N) is 1. The molecule has 9 heteroatoms. The van der Waals surface area contributed by atoms with E-state index in [1.54, 1.807) is 0 Å². The average Bonchev–Trinajstić information content (AvgIpc) is 3.17. The topological polar surface area (TPSA) is 91.3 Å². The quantitative estimate of drug-likeness (QED) is 0.794. The normalized spacial score (nSPS) is 16.1. The minimum Gasteiger partial charge on any atom is -0.481 e. The van der Waals surface area contributed by atoms with E-state index in [-0.39, 0.29) is 12.2 Å². The van der Waals surface area contributed by atoms with Crippen LogP contribution >= 0.6 is 0 Å². The van der Waals surface area contributed by atoms with E-state index in [4.69, 9.17) is 5.11 Å². The molecular weight excluding hydrogens is 291 g/mol. The smallest absolute Gasteiger partial charge is 0.433 e. The molecule has 6 nitrogen and oxygen atoms in total. The summed E-state index contributed by atoms with van der Waals surface area (Å²) < 4.78 is 36.9. The molecule has 0 unspecified atom stereocenters. The number of carboxylic acids is 1. The zero-order chi connectivity index (χ0) is 15.7. The highest BCUT2D eigenvalue weighted by molar-refractivity contribution is 5.89. The van der Waals surface area contributed by atoms with E-state index in [1.807, 2.05) is 0 Å². The van der Waals surface area contributed by atoms with Gasteiger partial charge in [0.25, 0.3) is 0 Å². The fourth-order valence-electron chi connectivity index (χ4n) is 1.68. The van der Waals surface area contributed by atoms with E-state index in [2.05, 4.69) is 15.6 Å². The van der Waals surface area contributed by atoms with Gasteiger partial charge in [0.05, 0.1) is 17.3 Å². The zero-order valence-electron chi connectivity index (χ0n) is 10.7. The summed E-state index contributed by atoms with van der Waals surface area (Å²) in [4.78, 5) is 25.6. The number of carbonyl (C=O) groups excluding carboxylic acids is 1. The van der Waals surface area contributed by atoms with Crippen LogP contribution in [0.15, 0.2) is 18.3 Å². The number of pyridine rings is 1. The van der Waals surface area contributed by atoms with E-state index in [9.17, 15) is 22.8 Å². The second-order valence-corrected chi connectivity index (χ2v) is 4.82. The van der Waals surface area contributed by atoms with E-state index >= 15 is 0 Å². The van der Waals surface area contributed by atoms with E-state index in [1.165, 1.54) is 0 Å². The van der Waals surface area contributed by atoms with Crippen molar-refractivity contribution in [3.05, 3.63) is 24.0 Å². The van der Waals surface area contributed by atoms with Gasteiger partial charge in [0.2, 0.25) is 0 Å². The fraction of sp³-hybridized carbons (Fsp3) is 0.417. The molecule has 0 bridgehead atoms. The maximum Gasteiger partial charge on any atom is 0.433 e. The van der Waals surface area contributed by atoms with Crippen molar-refractivity contribution in [3.63, 3.8) is 0 Å². The molecule has 1 fully saturated rings. The molecular formula is C12H12F3N3O3. The Morgan fingerprint density at radius 2 is 2.00 bits per heavy atom. The Balaban J connectivity index is 1.87. The minimum absolute atomic E-state index is 0.0256. The van der Waals surface area contributed by atoms with E-state index in [0.29, 0.717) is 12.8 Å². The number of anilines is 1. The molecule has 1 aliphatic rings. The van der Waals surface area contributed by atoms with Gasteiger partial charge in [-0.2, -0.15) is 13.2 Å². The van der Waals surface area contributed by atoms with Crippen molar-refractivity contribution in [3.8, 4) is 0 Å². The van der Waals surface area contributed by atoms with Gasteiger partial charge >= 0.3 is 18.2 Å². The largest absolute Gasteiger partial charge is 0.481 e. The van der Waals surface area contributed by atoms with Crippen LogP contribution in [0, 0.1) is 5.41 Å². The molecule has 0 aromatic carbocycles. The van der Waals surface area contributed by atoms with Crippen LogP contribution < -0.4 is 10.6 Å². The number of halogens is 3. The van der Waals surface area contributed by atoms with Crippen molar-refractivity contribution >= 4 is 17.7 Å². The third kappa shape index (κ3) is 3.61. The minimum atomic E-state index is -4.54. The van der Waals surface area contributed by atoms with E-state index < -0.39 is 29.3 Å². The van der Waals surface area contributed by atoms with Gasteiger partial charge in [-0.25, -0.2) is 9.78 Å². The van der Waals surface area contributed by atoms with Gasteiger partial charge in [0.1, 0.15) is 5.69 Å². The standard InChI is InChI=1S/C12H12F3N3O3/c13-12(14,15)8-2-1-7(5-16-8)18-10(21)17-6-11(3-4-11)9(19)20/h1-2,5H,3-4,6H2,(H,19,20)(H2,17,18,21). The lowest BCUT2D eigenvalue weighted by molar-refractivity contribution is -0.143. The average molecular weight is 303 g/mol. The predicted octanol–water partition coefficient (Wildman–Crippen LogP) is 2.09. The Morgan fingerprint density at radius 3 is 2.43 bits per heavy atom. The highest BCUT2D eigenvalue weighted by Gasteiger charge is 2.50. The molecule has 21 heavy (non-hydrogen) atoms. The SMILES string of the molecule is O=C(NCC1(C(=O)O)CC1)Nc1ccc(C(F)(F)F)nc1. The van der Waals surface area contributed by atoms with Gasteiger partial charge in [-0.3, -0.25) is 4.79 Å². The van der Waals surface area contributed by atoms with Crippen molar-refractivity contribution in [2.45, 2.75) is 19.0 Å². The lowest BCUT2D eigenvalue weighted by Crippen LogP contribution is -2.36. The molecule has 1 heterocycles. The second kappa shape index (κ2) is 5.23. The Labute approximate surface area is 117 Å². The Bertz CT molecular complexity index is 553. The van der Waals surface area contributed by atoms with Crippen molar-refractivity contribution in [1.82, 2.24) is 10.3 Å². The summed E-state index contributed by atoms with van der Waals surface area (Å²) in [5.74, 6) is -0.973. The first-order valence-electron chi connectivity index (χ1n) is 6.04. The van der Waals surface area contributed by atoms with Crippen LogP contribution in [0.1, 0.15) is 18.5 Å². The molecule has 0 radical (unpaired) electrons. The summed E-state index contributed by atoms with van der Waals surface area (Å²) in [5, 5.41) is 13.6. The van der Waals surface area contributed by atoms with Crippen molar-refractivity contribution in [1.29, 1.82) is 0 Å². The number of hydrogen-bond donors (Lipinski definition) is 3. The van der Waals surface area contributed by atoms with Gasteiger partial charge in [-0.15, -0.1) is 0 Å². The summed E-state index contributed by atoms with van der Waals surface area (Å²) in [5.41, 5.74) is -1.88.